The number of phosphoric ester groups is 3. The van der Waals surface area contributed by atoms with E-state index in [0.29, 0.717) is 12.8 Å². The number of rotatable bonds is 35. The van der Waals surface area contributed by atoms with Crippen molar-refractivity contribution in [3.63, 3.8) is 0 Å². The fraction of sp³-hybridized carbons (Fsp3) is 0.943. The van der Waals surface area contributed by atoms with Gasteiger partial charge in [0.2, 0.25) is 0 Å². The lowest BCUT2D eigenvalue weighted by atomic mass is 9.85. The number of aliphatic hydroxyl groups excluding tert-OH is 3. The zero-order valence-corrected chi connectivity index (χ0v) is 37.2. The largest absolute Gasteiger partial charge is 0.472 e. The van der Waals surface area contributed by atoms with Gasteiger partial charge < -0.3 is 49.3 Å². The molecular weight excluding hydrogens is 849 g/mol. The number of carbonyl (C=O) groups is 2. The minimum atomic E-state index is -5.54. The molecule has 0 spiro atoms. The van der Waals surface area contributed by atoms with Crippen LogP contribution in [0, 0.1) is 0 Å². The number of hydrogen-bond acceptors (Lipinski definition) is 15. The molecule has 23 heteroatoms. The quantitative estimate of drug-likeness (QED) is 0.0163. The molecular formula is C35H69O19P3S. The molecule has 8 N–H and O–H groups in total. The molecule has 4 unspecified atom stereocenters. The van der Waals surface area contributed by atoms with Crippen LogP contribution in [0.5, 0.6) is 0 Å². The maximum absolute atomic E-state index is 13.0. The third-order valence-corrected chi connectivity index (χ3v) is 11.8. The SMILES string of the molecule is CCCCCCCCCCCCCCCC(=O)O[C@H](COC(=O)CCCCCCCCCS)COP(=O)(O)OC1C(O)[C@H](OP(=O)(O)O)C(O)[C@H](OP(=O)(O)O)[C@@H]1O. The van der Waals surface area contributed by atoms with Crippen LogP contribution in [-0.4, -0.2) is 113 Å². The van der Waals surface area contributed by atoms with E-state index in [9.17, 15) is 63.1 Å². The van der Waals surface area contributed by atoms with E-state index in [4.69, 9.17) is 18.5 Å². The highest BCUT2D eigenvalue weighted by Gasteiger charge is 2.56. The Morgan fingerprint density at radius 3 is 1.29 bits per heavy atom. The number of esters is 2. The average Bonchev–Trinajstić information content (AvgIpc) is 3.14. The first-order valence-corrected chi connectivity index (χ1v) is 25.6. The number of aliphatic hydroxyl groups is 3. The van der Waals surface area contributed by atoms with Crippen molar-refractivity contribution in [1.82, 2.24) is 0 Å². The van der Waals surface area contributed by atoms with Gasteiger partial charge in [-0.2, -0.15) is 12.6 Å². The second kappa shape index (κ2) is 30.5. The summed E-state index contributed by atoms with van der Waals surface area (Å²) in [5.74, 6) is -0.487. The van der Waals surface area contributed by atoms with E-state index in [1.165, 1.54) is 44.9 Å². The fourth-order valence-electron chi connectivity index (χ4n) is 6.39. The first kappa shape index (κ1) is 55.5. The Morgan fingerprint density at radius 1 is 0.534 bits per heavy atom. The average molecular weight is 919 g/mol. The minimum Gasteiger partial charge on any atom is -0.462 e. The highest BCUT2D eigenvalue weighted by molar-refractivity contribution is 7.80. The molecule has 344 valence electrons. The summed E-state index contributed by atoms with van der Waals surface area (Å²) < 4.78 is 65.1. The van der Waals surface area contributed by atoms with E-state index in [2.05, 4.69) is 28.6 Å². The lowest BCUT2D eigenvalue weighted by Gasteiger charge is -2.44. The van der Waals surface area contributed by atoms with Crippen LogP contribution in [0.15, 0.2) is 0 Å². The Hall–Kier alpha value is -0.500. The van der Waals surface area contributed by atoms with Crippen molar-refractivity contribution in [2.45, 2.75) is 191 Å². The summed E-state index contributed by atoms with van der Waals surface area (Å²) in [5.41, 5.74) is 0. The number of carbonyl (C=O) groups excluding carboxylic acids is 2. The predicted octanol–water partition coefficient (Wildman–Crippen LogP) is 5.53. The summed E-state index contributed by atoms with van der Waals surface area (Å²) in [7, 11) is -16.6. The molecule has 0 amide bonds. The lowest BCUT2D eigenvalue weighted by molar-refractivity contribution is -0.213. The van der Waals surface area contributed by atoms with Crippen molar-refractivity contribution in [3.05, 3.63) is 0 Å². The van der Waals surface area contributed by atoms with E-state index in [1.54, 1.807) is 0 Å². The highest BCUT2D eigenvalue weighted by Crippen LogP contribution is 2.51. The molecule has 0 aromatic carbocycles. The van der Waals surface area contributed by atoms with E-state index < -0.39 is 91.3 Å². The molecule has 0 heterocycles. The summed E-state index contributed by atoms with van der Waals surface area (Å²) in [6.45, 7) is 0.692. The normalized spacial score (nSPS) is 23.0. The topological polar surface area (TPSA) is 303 Å². The van der Waals surface area contributed by atoms with Gasteiger partial charge in [0.05, 0.1) is 6.61 Å². The van der Waals surface area contributed by atoms with Crippen molar-refractivity contribution in [2.75, 3.05) is 19.0 Å². The molecule has 58 heavy (non-hydrogen) atoms. The van der Waals surface area contributed by atoms with Crippen LogP contribution in [0.4, 0.5) is 0 Å². The highest BCUT2D eigenvalue weighted by atomic mass is 32.1. The molecule has 1 saturated carbocycles. The third-order valence-electron chi connectivity index (χ3n) is 9.47. The van der Waals surface area contributed by atoms with Gasteiger partial charge in [-0.1, -0.05) is 116 Å². The van der Waals surface area contributed by atoms with Crippen molar-refractivity contribution in [1.29, 1.82) is 0 Å². The van der Waals surface area contributed by atoms with Crippen LogP contribution in [0.1, 0.15) is 148 Å². The van der Waals surface area contributed by atoms with Gasteiger partial charge in [-0.25, -0.2) is 13.7 Å². The minimum absolute atomic E-state index is 0.00577. The maximum Gasteiger partial charge on any atom is 0.472 e. The van der Waals surface area contributed by atoms with Crippen molar-refractivity contribution < 1.29 is 90.6 Å². The summed E-state index contributed by atoms with van der Waals surface area (Å²) >= 11 is 4.19. The molecule has 0 radical (unpaired) electrons. The first-order chi connectivity index (χ1) is 27.3. The Labute approximate surface area is 347 Å². The van der Waals surface area contributed by atoms with E-state index in [0.717, 1.165) is 76.4 Å². The Bertz CT molecular complexity index is 1230. The van der Waals surface area contributed by atoms with Crippen LogP contribution in [0.2, 0.25) is 0 Å². The molecule has 1 aliphatic rings. The molecule has 0 saturated heterocycles. The molecule has 0 aromatic heterocycles. The van der Waals surface area contributed by atoms with Crippen molar-refractivity contribution in [3.8, 4) is 0 Å². The predicted molar refractivity (Wildman–Crippen MR) is 214 cm³/mol. The molecule has 19 nitrogen and oxygen atoms in total. The second-order valence-corrected chi connectivity index (χ2v) is 18.9. The molecule has 0 aliphatic heterocycles. The molecule has 1 fully saturated rings. The van der Waals surface area contributed by atoms with Crippen molar-refractivity contribution >= 4 is 48.0 Å². The summed E-state index contributed by atoms with van der Waals surface area (Å²) in [6.07, 6.45) is 4.45. The van der Waals surface area contributed by atoms with Crippen molar-refractivity contribution in [2.24, 2.45) is 0 Å². The zero-order chi connectivity index (χ0) is 43.6. The number of hydrogen-bond donors (Lipinski definition) is 9. The molecule has 8 atom stereocenters. The van der Waals surface area contributed by atoms with Gasteiger partial charge in [0, 0.05) is 12.8 Å². The van der Waals surface area contributed by atoms with Crippen LogP contribution >= 0.6 is 36.1 Å². The van der Waals surface area contributed by atoms with Crippen LogP contribution in [0.3, 0.4) is 0 Å². The molecule has 1 rings (SSSR count). The molecule has 1 aliphatic carbocycles. The van der Waals surface area contributed by atoms with E-state index in [-0.39, 0.29) is 12.8 Å². The molecule has 0 bridgehead atoms. The maximum atomic E-state index is 13.0. The summed E-state index contributed by atoms with van der Waals surface area (Å²) in [6, 6.07) is 0. The Balaban J connectivity index is 2.82. The first-order valence-electron chi connectivity index (χ1n) is 20.4. The third kappa shape index (κ3) is 26.8. The Morgan fingerprint density at radius 2 is 0.897 bits per heavy atom. The number of phosphoric acid groups is 3. The summed E-state index contributed by atoms with van der Waals surface area (Å²) in [4.78, 5) is 72.7. The van der Waals surface area contributed by atoms with Crippen LogP contribution < -0.4 is 0 Å². The standard InChI is InChI=1S/C35H69O19P3S/c1-2-3-4-5-6-7-8-9-10-11-13-17-20-23-29(37)51-27(25-49-28(36)22-19-16-14-12-15-18-21-24-58)26-50-57(47,48)54-35-31(39)33(52-55(41,42)43)30(38)34(32(35)40)53-56(44,45)46/h27,30-35,38-40,58H,2-26H2,1H3,(H,47,48)(H2,41,42,43)(H2,44,45,46)/t27-,30?,31+,32?,33+,34-,35?/m1/s1. The van der Waals surface area contributed by atoms with Gasteiger partial charge in [-0.15, -0.1) is 0 Å². The van der Waals surface area contributed by atoms with Crippen LogP contribution in [0.25, 0.3) is 0 Å². The van der Waals surface area contributed by atoms with Gasteiger partial charge >= 0.3 is 35.4 Å². The number of thiol groups is 1. The monoisotopic (exact) mass is 918 g/mol. The zero-order valence-electron chi connectivity index (χ0n) is 33.6. The second-order valence-electron chi connectivity index (χ2n) is 14.7. The van der Waals surface area contributed by atoms with Gasteiger partial charge in [0.15, 0.2) is 6.10 Å². The summed E-state index contributed by atoms with van der Waals surface area (Å²) in [5, 5.41) is 31.7. The lowest BCUT2D eigenvalue weighted by Crippen LogP contribution is -2.65. The number of ether oxygens (including phenoxy) is 2. The van der Waals surface area contributed by atoms with E-state index >= 15 is 0 Å². The van der Waals surface area contributed by atoms with Gasteiger partial charge in [-0.3, -0.25) is 27.7 Å². The van der Waals surface area contributed by atoms with Gasteiger partial charge in [0.25, 0.3) is 0 Å². The van der Waals surface area contributed by atoms with Crippen LogP contribution in [-0.2, 0) is 50.9 Å². The molecule has 0 aromatic rings. The van der Waals surface area contributed by atoms with Gasteiger partial charge in [-0.05, 0) is 25.0 Å². The Kier molecular flexibility index (Phi) is 29.2. The van der Waals surface area contributed by atoms with E-state index in [1.807, 2.05) is 0 Å². The smallest absolute Gasteiger partial charge is 0.462 e. The fourth-order valence-corrected chi connectivity index (χ4v) is 8.72. The number of unbranched alkanes of at least 4 members (excludes halogenated alkanes) is 18. The van der Waals surface area contributed by atoms with Gasteiger partial charge in [0.1, 0.15) is 43.2 Å².